The monoisotopic (exact) mass is 333 g/mol. The lowest BCUT2D eigenvalue weighted by atomic mass is 10.0. The summed E-state index contributed by atoms with van der Waals surface area (Å²) in [6.45, 7) is 0. The molecular weight excluding hydrogens is 318 g/mol. The third-order valence-electron chi connectivity index (χ3n) is 3.77. The number of carbonyl (C=O) groups excluding carboxylic acids is 1. The fourth-order valence-electron chi connectivity index (χ4n) is 2.55. The maximum absolute atomic E-state index is 12.4. The van der Waals surface area contributed by atoms with Crippen molar-refractivity contribution in [2.24, 2.45) is 0 Å². The molecule has 0 radical (unpaired) electrons. The first kappa shape index (κ1) is 16.3. The van der Waals surface area contributed by atoms with Gasteiger partial charge in [-0.1, -0.05) is 42.5 Å². The van der Waals surface area contributed by atoms with Gasteiger partial charge in [-0.05, 0) is 22.9 Å². The van der Waals surface area contributed by atoms with Crippen LogP contribution in [-0.2, 0) is 0 Å². The van der Waals surface area contributed by atoms with Crippen molar-refractivity contribution in [2.75, 3.05) is 5.32 Å². The highest BCUT2D eigenvalue weighted by Gasteiger charge is 2.09. The van der Waals surface area contributed by atoms with Crippen molar-refractivity contribution >= 4 is 28.2 Å². The maximum atomic E-state index is 12.4. The van der Waals surface area contributed by atoms with Gasteiger partial charge in [-0.15, -0.1) is 0 Å². The van der Waals surface area contributed by atoms with E-state index < -0.39 is 5.97 Å². The number of hydrogen-bond donors (Lipinski definition) is 3. The van der Waals surface area contributed by atoms with E-state index in [1.165, 1.54) is 30.5 Å². The number of benzene rings is 3. The van der Waals surface area contributed by atoms with Crippen LogP contribution in [0, 0.1) is 0 Å². The second-order valence-corrected chi connectivity index (χ2v) is 5.41. The van der Waals surface area contributed by atoms with Crippen molar-refractivity contribution in [3.8, 4) is 5.75 Å². The number of aromatic carboxylic acids is 1. The van der Waals surface area contributed by atoms with Gasteiger partial charge in [-0.3, -0.25) is 4.79 Å². The molecule has 3 aromatic rings. The standard InChI is InChI=1S/C20H15NO4/c22-18(16-7-3-5-13-4-1-2-6-15(13)16)10-11-21-14-8-9-17(20(24)25)19(23)12-14/h1-12,21,23H,(H,24,25)/b11-10+. The third kappa shape index (κ3) is 3.50. The lowest BCUT2D eigenvalue weighted by Gasteiger charge is -2.05. The Hall–Kier alpha value is -3.60. The van der Waals surface area contributed by atoms with Crippen LogP contribution < -0.4 is 5.32 Å². The molecule has 124 valence electrons. The van der Waals surface area contributed by atoms with Gasteiger partial charge in [-0.25, -0.2) is 4.79 Å². The van der Waals surface area contributed by atoms with Gasteiger partial charge < -0.3 is 15.5 Å². The lowest BCUT2D eigenvalue weighted by Crippen LogP contribution is -1.99. The molecule has 3 rings (SSSR count). The predicted octanol–water partition coefficient (Wildman–Crippen LogP) is 4.05. The number of carbonyl (C=O) groups is 2. The summed E-state index contributed by atoms with van der Waals surface area (Å²) in [5.74, 6) is -1.70. The number of rotatable bonds is 5. The summed E-state index contributed by atoms with van der Waals surface area (Å²) in [6.07, 6.45) is 2.85. The summed E-state index contributed by atoms with van der Waals surface area (Å²) in [5.41, 5.74) is 0.894. The number of ketones is 1. The zero-order valence-corrected chi connectivity index (χ0v) is 13.1. The molecule has 0 aliphatic heterocycles. The first-order valence-electron chi connectivity index (χ1n) is 7.58. The number of anilines is 1. The summed E-state index contributed by atoms with van der Waals surface area (Å²) in [4.78, 5) is 23.3. The van der Waals surface area contributed by atoms with E-state index in [4.69, 9.17) is 5.11 Å². The molecule has 25 heavy (non-hydrogen) atoms. The van der Waals surface area contributed by atoms with Crippen LogP contribution in [0.5, 0.6) is 5.75 Å². The van der Waals surface area contributed by atoms with Crippen molar-refractivity contribution < 1.29 is 19.8 Å². The molecule has 0 amide bonds. The van der Waals surface area contributed by atoms with Crippen molar-refractivity contribution in [3.05, 3.63) is 84.1 Å². The molecule has 0 fully saturated rings. The van der Waals surface area contributed by atoms with Crippen LogP contribution in [0.2, 0.25) is 0 Å². The Balaban J connectivity index is 1.77. The predicted molar refractivity (Wildman–Crippen MR) is 96.1 cm³/mol. The second kappa shape index (κ2) is 6.88. The van der Waals surface area contributed by atoms with Crippen LogP contribution in [-0.4, -0.2) is 22.0 Å². The molecule has 0 saturated heterocycles. The zero-order chi connectivity index (χ0) is 17.8. The number of carboxylic acid groups (broad SMARTS) is 1. The van der Waals surface area contributed by atoms with E-state index in [1.807, 2.05) is 36.4 Å². The van der Waals surface area contributed by atoms with E-state index >= 15 is 0 Å². The van der Waals surface area contributed by atoms with Gasteiger partial charge in [0, 0.05) is 29.6 Å². The fourth-order valence-corrected chi connectivity index (χ4v) is 2.55. The van der Waals surface area contributed by atoms with Crippen molar-refractivity contribution in [3.63, 3.8) is 0 Å². The molecule has 0 saturated carbocycles. The Labute approximate surface area is 143 Å². The Kier molecular flexibility index (Phi) is 4.48. The molecular formula is C20H15NO4. The minimum absolute atomic E-state index is 0.157. The van der Waals surface area contributed by atoms with Gasteiger partial charge >= 0.3 is 5.97 Å². The summed E-state index contributed by atoms with van der Waals surface area (Å²) in [6, 6.07) is 17.3. The van der Waals surface area contributed by atoms with E-state index in [0.717, 1.165) is 10.8 Å². The molecule has 5 nitrogen and oxygen atoms in total. The van der Waals surface area contributed by atoms with E-state index in [2.05, 4.69) is 5.32 Å². The number of fused-ring (bicyclic) bond motifs is 1. The number of carboxylic acids is 1. The highest BCUT2D eigenvalue weighted by Crippen LogP contribution is 2.22. The van der Waals surface area contributed by atoms with Crippen LogP contribution >= 0.6 is 0 Å². The highest BCUT2D eigenvalue weighted by molar-refractivity contribution is 6.13. The highest BCUT2D eigenvalue weighted by atomic mass is 16.4. The summed E-state index contributed by atoms with van der Waals surface area (Å²) < 4.78 is 0. The molecule has 0 spiro atoms. The van der Waals surface area contributed by atoms with Crippen molar-refractivity contribution in [2.45, 2.75) is 0 Å². The van der Waals surface area contributed by atoms with Crippen LogP contribution in [0.4, 0.5) is 5.69 Å². The van der Waals surface area contributed by atoms with Crippen molar-refractivity contribution in [1.82, 2.24) is 0 Å². The number of aromatic hydroxyl groups is 1. The van der Waals surface area contributed by atoms with E-state index in [0.29, 0.717) is 11.3 Å². The van der Waals surface area contributed by atoms with E-state index in [9.17, 15) is 14.7 Å². The Morgan fingerprint density at radius 2 is 1.68 bits per heavy atom. The molecule has 0 unspecified atom stereocenters. The first-order valence-corrected chi connectivity index (χ1v) is 7.58. The number of hydrogen-bond acceptors (Lipinski definition) is 4. The maximum Gasteiger partial charge on any atom is 0.339 e. The van der Waals surface area contributed by atoms with E-state index in [1.54, 1.807) is 6.07 Å². The van der Waals surface area contributed by atoms with Gasteiger partial charge in [-0.2, -0.15) is 0 Å². The van der Waals surface area contributed by atoms with Crippen LogP contribution in [0.25, 0.3) is 10.8 Å². The minimum atomic E-state index is -1.20. The van der Waals surface area contributed by atoms with E-state index in [-0.39, 0.29) is 17.1 Å². The SMILES string of the molecule is O=C(O)c1ccc(N/C=C/C(=O)c2cccc3ccccc23)cc1O. The Morgan fingerprint density at radius 3 is 2.44 bits per heavy atom. The molecule has 0 aliphatic rings. The summed E-state index contributed by atoms with van der Waals surface area (Å²) in [7, 11) is 0. The summed E-state index contributed by atoms with van der Waals surface area (Å²) in [5, 5.41) is 23.2. The minimum Gasteiger partial charge on any atom is -0.507 e. The Morgan fingerprint density at radius 1 is 0.920 bits per heavy atom. The van der Waals surface area contributed by atoms with Crippen LogP contribution in [0.1, 0.15) is 20.7 Å². The third-order valence-corrected chi connectivity index (χ3v) is 3.77. The quantitative estimate of drug-likeness (QED) is 0.484. The number of phenols is 1. The van der Waals surface area contributed by atoms with Gasteiger partial charge in [0.15, 0.2) is 5.78 Å². The van der Waals surface area contributed by atoms with Gasteiger partial charge in [0.2, 0.25) is 0 Å². The molecule has 0 atom stereocenters. The molecule has 0 aromatic heterocycles. The first-order chi connectivity index (χ1) is 12.1. The Bertz CT molecular complexity index is 987. The smallest absolute Gasteiger partial charge is 0.339 e. The molecule has 3 aromatic carbocycles. The van der Waals surface area contributed by atoms with Gasteiger partial charge in [0.05, 0.1) is 0 Å². The normalized spacial score (nSPS) is 10.9. The average molecular weight is 333 g/mol. The lowest BCUT2D eigenvalue weighted by molar-refractivity contribution is 0.0693. The average Bonchev–Trinajstić information content (AvgIpc) is 2.61. The van der Waals surface area contributed by atoms with Gasteiger partial charge in [0.25, 0.3) is 0 Å². The van der Waals surface area contributed by atoms with Crippen LogP contribution in [0.15, 0.2) is 72.9 Å². The number of allylic oxidation sites excluding steroid dienone is 1. The van der Waals surface area contributed by atoms with Crippen molar-refractivity contribution in [1.29, 1.82) is 0 Å². The molecule has 5 heteroatoms. The molecule has 3 N–H and O–H groups in total. The largest absolute Gasteiger partial charge is 0.507 e. The molecule has 0 heterocycles. The fraction of sp³-hybridized carbons (Fsp3) is 0. The molecule has 0 bridgehead atoms. The summed E-state index contributed by atoms with van der Waals surface area (Å²) >= 11 is 0. The molecule has 0 aliphatic carbocycles. The van der Waals surface area contributed by atoms with Gasteiger partial charge in [0.1, 0.15) is 11.3 Å². The number of nitrogens with one attached hydrogen (secondary N) is 1. The second-order valence-electron chi connectivity index (χ2n) is 5.41. The topological polar surface area (TPSA) is 86.6 Å². The zero-order valence-electron chi connectivity index (χ0n) is 13.1. The van der Waals surface area contributed by atoms with Crippen LogP contribution in [0.3, 0.4) is 0 Å².